The van der Waals surface area contributed by atoms with Gasteiger partial charge in [-0.15, -0.1) is 0 Å². The maximum atomic E-state index is 10.4. The molecule has 0 amide bonds. The van der Waals surface area contributed by atoms with Gasteiger partial charge in [0.05, 0.1) is 12.0 Å². The molecule has 0 aromatic heterocycles. The Morgan fingerprint density at radius 1 is 1.67 bits per heavy atom. The predicted molar refractivity (Wildman–Crippen MR) is 31.1 cm³/mol. The summed E-state index contributed by atoms with van der Waals surface area (Å²) in [5.41, 5.74) is 0. The van der Waals surface area contributed by atoms with Crippen LogP contribution in [0.15, 0.2) is 0 Å². The molecular formula is C5H11NO3. The summed E-state index contributed by atoms with van der Waals surface area (Å²) in [5.74, 6) is 3.41. The second kappa shape index (κ2) is 3.42. The molecule has 4 heteroatoms. The summed E-state index contributed by atoms with van der Waals surface area (Å²) in [5, 5.41) is 8.77. The van der Waals surface area contributed by atoms with Crippen molar-refractivity contribution in [2.45, 2.75) is 20.0 Å². The topological polar surface area (TPSA) is 72.5 Å². The maximum absolute atomic E-state index is 10.4. The minimum absolute atomic E-state index is 0.546. The van der Waals surface area contributed by atoms with Crippen LogP contribution in [0.5, 0.6) is 0 Å². The number of hydrogen-bond acceptors (Lipinski definition) is 4. The molecule has 0 aromatic rings. The van der Waals surface area contributed by atoms with Gasteiger partial charge in [0.1, 0.15) is 0 Å². The van der Waals surface area contributed by atoms with E-state index in [1.807, 2.05) is 0 Å². The van der Waals surface area contributed by atoms with Crippen molar-refractivity contribution >= 4 is 5.97 Å². The first-order chi connectivity index (χ1) is 4.09. The van der Waals surface area contributed by atoms with Crippen LogP contribution in [0, 0.1) is 5.92 Å². The van der Waals surface area contributed by atoms with Crippen LogP contribution in [0.1, 0.15) is 13.8 Å². The average molecular weight is 133 g/mol. The average Bonchev–Trinajstić information content (AvgIpc) is 1.84. The minimum atomic E-state index is -0.707. The van der Waals surface area contributed by atoms with Gasteiger partial charge >= 0.3 is 5.97 Å². The van der Waals surface area contributed by atoms with Crippen LogP contribution in [0.2, 0.25) is 0 Å². The molecule has 3 N–H and O–H groups in total. The summed E-state index contributed by atoms with van der Waals surface area (Å²) >= 11 is 0. The lowest BCUT2D eigenvalue weighted by Gasteiger charge is -2.09. The molecule has 0 aliphatic carbocycles. The summed E-state index contributed by atoms with van der Waals surface area (Å²) in [6, 6.07) is 0. The fourth-order valence-corrected chi connectivity index (χ4v) is 0.304. The number of carbonyl (C=O) groups excluding carboxylic acids is 1. The number of rotatable bonds is 2. The molecule has 0 aromatic carbocycles. The highest BCUT2D eigenvalue weighted by molar-refractivity contribution is 5.72. The van der Waals surface area contributed by atoms with E-state index in [4.69, 9.17) is 5.11 Å². The molecule has 0 aliphatic rings. The van der Waals surface area contributed by atoms with E-state index in [2.05, 4.69) is 10.7 Å². The summed E-state index contributed by atoms with van der Waals surface area (Å²) < 4.78 is 0. The van der Waals surface area contributed by atoms with Crippen molar-refractivity contribution < 1.29 is 14.7 Å². The molecule has 0 fully saturated rings. The minimum Gasteiger partial charge on any atom is -0.393 e. The molecule has 0 saturated carbocycles. The lowest BCUT2D eigenvalue weighted by Crippen LogP contribution is -2.26. The lowest BCUT2D eigenvalue weighted by molar-refractivity contribution is -0.151. The molecule has 2 unspecified atom stereocenters. The molecule has 4 nitrogen and oxygen atoms in total. The van der Waals surface area contributed by atoms with Crippen LogP contribution >= 0.6 is 0 Å². The summed E-state index contributed by atoms with van der Waals surface area (Å²) in [6.07, 6.45) is -0.707. The third kappa shape index (κ3) is 2.43. The van der Waals surface area contributed by atoms with Crippen molar-refractivity contribution in [2.75, 3.05) is 0 Å². The Hall–Kier alpha value is -0.610. The smallest absolute Gasteiger partial charge is 0.329 e. The molecule has 0 rings (SSSR count). The van der Waals surface area contributed by atoms with Gasteiger partial charge in [-0.25, -0.2) is 4.79 Å². The van der Waals surface area contributed by atoms with E-state index in [9.17, 15) is 4.79 Å². The van der Waals surface area contributed by atoms with Crippen LogP contribution in [0.4, 0.5) is 0 Å². The Labute approximate surface area is 53.6 Å². The Kier molecular flexibility index (Phi) is 3.19. The zero-order valence-corrected chi connectivity index (χ0v) is 5.50. The van der Waals surface area contributed by atoms with Gasteiger partial charge < -0.3 is 9.94 Å². The number of aliphatic hydroxyl groups excluding tert-OH is 1. The van der Waals surface area contributed by atoms with E-state index >= 15 is 0 Å². The monoisotopic (exact) mass is 133 g/mol. The molecule has 9 heavy (non-hydrogen) atoms. The van der Waals surface area contributed by atoms with Gasteiger partial charge in [-0.2, -0.15) is 5.90 Å². The fourth-order valence-electron chi connectivity index (χ4n) is 0.304. The third-order valence-corrected chi connectivity index (χ3v) is 1.21. The van der Waals surface area contributed by atoms with Gasteiger partial charge in [-0.1, -0.05) is 0 Å². The first-order valence-electron chi connectivity index (χ1n) is 2.68. The standard InChI is InChI=1S/C5H11NO3/c1-3(4(2)7)5(8)9-6/h3-4,7H,6H2,1-2H3. The maximum Gasteiger partial charge on any atom is 0.329 e. The van der Waals surface area contributed by atoms with E-state index in [1.54, 1.807) is 6.92 Å². The molecular weight excluding hydrogens is 122 g/mol. The molecule has 0 bridgehead atoms. The normalized spacial score (nSPS) is 16.4. The molecule has 0 spiro atoms. The van der Waals surface area contributed by atoms with Crippen LogP contribution < -0.4 is 5.90 Å². The quantitative estimate of drug-likeness (QED) is 0.494. The first kappa shape index (κ1) is 8.39. The molecule has 0 radical (unpaired) electrons. The van der Waals surface area contributed by atoms with Crippen LogP contribution in [-0.4, -0.2) is 17.2 Å². The zero-order chi connectivity index (χ0) is 7.44. The van der Waals surface area contributed by atoms with E-state index in [1.165, 1.54) is 6.92 Å². The van der Waals surface area contributed by atoms with Crippen LogP contribution in [0.25, 0.3) is 0 Å². The van der Waals surface area contributed by atoms with Gasteiger partial charge in [0.2, 0.25) is 0 Å². The Bertz CT molecular complexity index is 102. The molecule has 0 aliphatic heterocycles. The SMILES string of the molecule is CC(O)C(C)C(=O)ON. The third-order valence-electron chi connectivity index (χ3n) is 1.21. The van der Waals surface area contributed by atoms with E-state index in [0.717, 1.165) is 0 Å². The molecule has 0 heterocycles. The second-order valence-corrected chi connectivity index (χ2v) is 1.97. The summed E-state index contributed by atoms with van der Waals surface area (Å²) in [4.78, 5) is 14.3. The second-order valence-electron chi connectivity index (χ2n) is 1.97. The molecule has 2 atom stereocenters. The van der Waals surface area contributed by atoms with Crippen LogP contribution in [0.3, 0.4) is 0 Å². The van der Waals surface area contributed by atoms with Gasteiger partial charge in [0.25, 0.3) is 0 Å². The number of aliphatic hydroxyl groups is 1. The summed E-state index contributed by atoms with van der Waals surface area (Å²) in [6.45, 7) is 3.04. The van der Waals surface area contributed by atoms with Gasteiger partial charge in [0.15, 0.2) is 0 Å². The van der Waals surface area contributed by atoms with Gasteiger partial charge in [-0.05, 0) is 13.8 Å². The highest BCUT2D eigenvalue weighted by Crippen LogP contribution is 2.01. The van der Waals surface area contributed by atoms with Crippen molar-refractivity contribution in [3.05, 3.63) is 0 Å². The number of carbonyl (C=O) groups is 1. The molecule has 54 valence electrons. The first-order valence-corrected chi connectivity index (χ1v) is 2.68. The predicted octanol–water partition coefficient (Wildman–Crippen LogP) is -0.580. The van der Waals surface area contributed by atoms with E-state index in [-0.39, 0.29) is 0 Å². The summed E-state index contributed by atoms with van der Waals surface area (Å²) in [7, 11) is 0. The molecule has 0 saturated heterocycles. The van der Waals surface area contributed by atoms with Crippen LogP contribution in [-0.2, 0) is 9.63 Å². The fraction of sp³-hybridized carbons (Fsp3) is 0.800. The van der Waals surface area contributed by atoms with Crippen molar-refractivity contribution in [3.8, 4) is 0 Å². The zero-order valence-electron chi connectivity index (χ0n) is 5.50. The van der Waals surface area contributed by atoms with Crippen molar-refractivity contribution in [1.29, 1.82) is 0 Å². The Morgan fingerprint density at radius 3 is 2.22 bits per heavy atom. The Morgan fingerprint density at radius 2 is 2.11 bits per heavy atom. The van der Waals surface area contributed by atoms with Crippen molar-refractivity contribution in [3.63, 3.8) is 0 Å². The lowest BCUT2D eigenvalue weighted by atomic mass is 10.1. The Balaban J connectivity index is 3.72. The highest BCUT2D eigenvalue weighted by atomic mass is 16.7. The van der Waals surface area contributed by atoms with Gasteiger partial charge in [-0.3, -0.25) is 0 Å². The van der Waals surface area contributed by atoms with Crippen molar-refractivity contribution in [2.24, 2.45) is 11.8 Å². The van der Waals surface area contributed by atoms with E-state index < -0.39 is 18.0 Å². The van der Waals surface area contributed by atoms with Crippen molar-refractivity contribution in [1.82, 2.24) is 0 Å². The van der Waals surface area contributed by atoms with E-state index in [0.29, 0.717) is 0 Å². The number of nitrogens with two attached hydrogens (primary N) is 1. The van der Waals surface area contributed by atoms with Gasteiger partial charge in [0, 0.05) is 0 Å². The number of hydrogen-bond donors (Lipinski definition) is 2. The largest absolute Gasteiger partial charge is 0.393 e. The highest BCUT2D eigenvalue weighted by Gasteiger charge is 2.18.